The summed E-state index contributed by atoms with van der Waals surface area (Å²) in [7, 11) is -2.38. The van der Waals surface area contributed by atoms with E-state index in [0.29, 0.717) is 0 Å². The second-order valence-corrected chi connectivity index (χ2v) is 6.98. The van der Waals surface area contributed by atoms with E-state index >= 15 is 0 Å². The third-order valence-electron chi connectivity index (χ3n) is 3.95. The van der Waals surface area contributed by atoms with E-state index < -0.39 is 37.3 Å². The lowest BCUT2D eigenvalue weighted by molar-refractivity contribution is 0.340. The van der Waals surface area contributed by atoms with Crippen molar-refractivity contribution in [2.75, 3.05) is 14.2 Å². The Morgan fingerprint density at radius 2 is 1.50 bits per heavy atom. The number of phenolic OH excluding ortho intramolecular Hbond substituents is 3. The lowest BCUT2D eigenvalue weighted by Gasteiger charge is -2.12. The molecule has 0 unspecified atom stereocenters. The van der Waals surface area contributed by atoms with E-state index in [1.165, 1.54) is 26.4 Å². The third kappa shape index (κ3) is 3.06. The molecule has 148 valence electrons. The molecule has 0 amide bonds. The zero-order chi connectivity index (χ0) is 20.8. The monoisotopic (exact) mass is 410 g/mol. The first-order chi connectivity index (χ1) is 13.1. The van der Waals surface area contributed by atoms with Gasteiger partial charge in [0.05, 0.1) is 14.2 Å². The van der Waals surface area contributed by atoms with Crippen molar-refractivity contribution in [2.45, 2.75) is 4.90 Å². The van der Waals surface area contributed by atoms with Crippen molar-refractivity contribution < 1.29 is 42.2 Å². The molecule has 0 atom stereocenters. The molecule has 1 heterocycles. The topological polar surface area (TPSA) is 164 Å². The minimum atomic E-state index is -5.00. The van der Waals surface area contributed by atoms with Gasteiger partial charge in [-0.15, -0.1) is 0 Å². The molecule has 0 aliphatic carbocycles. The van der Waals surface area contributed by atoms with Gasteiger partial charge in [0.1, 0.15) is 22.5 Å². The Kier molecular flexibility index (Phi) is 4.57. The fraction of sp³-hybridized carbons (Fsp3) is 0.118. The minimum absolute atomic E-state index is 0.0320. The summed E-state index contributed by atoms with van der Waals surface area (Å²) in [5.41, 5.74) is -0.927. The molecule has 1 aromatic heterocycles. The van der Waals surface area contributed by atoms with Crippen LogP contribution < -0.4 is 14.9 Å². The molecule has 0 saturated carbocycles. The molecule has 0 spiro atoms. The number of methoxy groups -OCH3 is 2. The van der Waals surface area contributed by atoms with Gasteiger partial charge in [-0.05, 0) is 12.1 Å². The first kappa shape index (κ1) is 19.3. The van der Waals surface area contributed by atoms with Crippen LogP contribution in [-0.4, -0.2) is 42.5 Å². The molecule has 0 bridgehead atoms. The van der Waals surface area contributed by atoms with Crippen LogP contribution in [0.4, 0.5) is 0 Å². The molecule has 0 aliphatic heterocycles. The fourth-order valence-electron chi connectivity index (χ4n) is 2.70. The van der Waals surface area contributed by atoms with Gasteiger partial charge in [-0.1, -0.05) is 0 Å². The van der Waals surface area contributed by atoms with Crippen LogP contribution in [0.15, 0.2) is 38.4 Å². The van der Waals surface area contributed by atoms with Gasteiger partial charge in [0, 0.05) is 17.7 Å². The van der Waals surface area contributed by atoms with Crippen molar-refractivity contribution in [3.63, 3.8) is 0 Å². The SMILES string of the molecule is COc1cc(-c2cc(=O)c3c(O)c(S(=O)(=O)O)c(O)cc3o2)cc(OC)c1O. The molecule has 11 heteroatoms. The largest absolute Gasteiger partial charge is 0.506 e. The van der Waals surface area contributed by atoms with Gasteiger partial charge in [-0.3, -0.25) is 9.35 Å². The summed E-state index contributed by atoms with van der Waals surface area (Å²) in [5, 5.41) is 29.3. The predicted molar refractivity (Wildman–Crippen MR) is 95.8 cm³/mol. The van der Waals surface area contributed by atoms with E-state index in [1.54, 1.807) is 0 Å². The van der Waals surface area contributed by atoms with Crippen LogP contribution in [0.2, 0.25) is 0 Å². The normalized spacial score (nSPS) is 11.5. The predicted octanol–water partition coefficient (Wildman–Crippen LogP) is 1.84. The van der Waals surface area contributed by atoms with Crippen molar-refractivity contribution >= 4 is 21.1 Å². The molecule has 3 rings (SSSR count). The number of benzene rings is 2. The lowest BCUT2D eigenvalue weighted by Crippen LogP contribution is -2.05. The van der Waals surface area contributed by atoms with E-state index in [4.69, 9.17) is 18.4 Å². The van der Waals surface area contributed by atoms with Crippen LogP contribution >= 0.6 is 0 Å². The Morgan fingerprint density at radius 1 is 0.929 bits per heavy atom. The maximum atomic E-state index is 12.5. The summed E-state index contributed by atoms with van der Waals surface area (Å²) in [6, 6.07) is 4.44. The summed E-state index contributed by atoms with van der Waals surface area (Å²) in [6.45, 7) is 0. The fourth-order valence-corrected chi connectivity index (χ4v) is 3.37. The average Bonchev–Trinajstić information content (AvgIpc) is 2.59. The van der Waals surface area contributed by atoms with Gasteiger partial charge >= 0.3 is 10.1 Å². The molecule has 0 aliphatic rings. The number of aromatic hydroxyl groups is 3. The molecule has 0 radical (unpaired) electrons. The molecule has 0 saturated heterocycles. The Bertz CT molecular complexity index is 1230. The highest BCUT2D eigenvalue weighted by atomic mass is 32.2. The molecule has 2 aromatic carbocycles. The minimum Gasteiger partial charge on any atom is -0.506 e. The zero-order valence-electron chi connectivity index (χ0n) is 14.5. The molecule has 0 fully saturated rings. The van der Waals surface area contributed by atoms with Gasteiger partial charge in [0.15, 0.2) is 27.6 Å². The quantitative estimate of drug-likeness (QED) is 0.467. The van der Waals surface area contributed by atoms with Gasteiger partial charge in [0.2, 0.25) is 5.75 Å². The van der Waals surface area contributed by atoms with Crippen LogP contribution in [0.5, 0.6) is 28.7 Å². The second kappa shape index (κ2) is 6.62. The second-order valence-electron chi connectivity index (χ2n) is 5.63. The smallest absolute Gasteiger partial charge is 0.301 e. The summed E-state index contributed by atoms with van der Waals surface area (Å²) in [6.07, 6.45) is 0. The molecule has 4 N–H and O–H groups in total. The Hall–Kier alpha value is -3.44. The van der Waals surface area contributed by atoms with Crippen molar-refractivity contribution in [1.29, 1.82) is 0 Å². The van der Waals surface area contributed by atoms with E-state index in [-0.39, 0.29) is 34.2 Å². The maximum absolute atomic E-state index is 12.5. The van der Waals surface area contributed by atoms with E-state index in [9.17, 15) is 28.5 Å². The van der Waals surface area contributed by atoms with Gasteiger partial charge in [-0.25, -0.2) is 0 Å². The maximum Gasteiger partial charge on any atom is 0.301 e. The third-order valence-corrected chi connectivity index (χ3v) is 4.87. The number of hydrogen-bond acceptors (Lipinski definition) is 9. The van der Waals surface area contributed by atoms with E-state index in [2.05, 4.69) is 0 Å². The summed E-state index contributed by atoms with van der Waals surface area (Å²) < 4.78 is 47.4. The standard InChI is InChI=1S/C17H14O10S/c1-25-12-3-7(4-13(26-2)15(12)20)10-5-8(18)14-11(27-10)6-9(19)17(16(14)21)28(22,23)24/h3-6,19-21H,1-2H3,(H,22,23,24). The van der Waals surface area contributed by atoms with Gasteiger partial charge < -0.3 is 29.2 Å². The average molecular weight is 410 g/mol. The molecule has 10 nitrogen and oxygen atoms in total. The van der Waals surface area contributed by atoms with Crippen molar-refractivity contribution in [3.8, 4) is 40.1 Å². The van der Waals surface area contributed by atoms with Gasteiger partial charge in [-0.2, -0.15) is 8.42 Å². The highest BCUT2D eigenvalue weighted by Gasteiger charge is 2.26. The Labute approximate surface area is 157 Å². The van der Waals surface area contributed by atoms with Crippen LogP contribution in [0.3, 0.4) is 0 Å². The molecule has 28 heavy (non-hydrogen) atoms. The molecule has 3 aromatic rings. The van der Waals surface area contributed by atoms with Crippen LogP contribution in [-0.2, 0) is 10.1 Å². The zero-order valence-corrected chi connectivity index (χ0v) is 15.3. The van der Waals surface area contributed by atoms with Gasteiger partial charge in [0.25, 0.3) is 0 Å². The van der Waals surface area contributed by atoms with Crippen molar-refractivity contribution in [3.05, 3.63) is 34.5 Å². The molecular weight excluding hydrogens is 396 g/mol. The van der Waals surface area contributed by atoms with Crippen molar-refractivity contribution in [2.24, 2.45) is 0 Å². The number of fused-ring (bicyclic) bond motifs is 1. The number of rotatable bonds is 4. The number of hydrogen-bond donors (Lipinski definition) is 4. The van der Waals surface area contributed by atoms with E-state index in [0.717, 1.165) is 12.1 Å². The Morgan fingerprint density at radius 3 is 2.00 bits per heavy atom. The summed E-state index contributed by atoms with van der Waals surface area (Å²) in [5.74, 6) is -2.40. The first-order valence-corrected chi connectivity index (χ1v) is 8.98. The van der Waals surface area contributed by atoms with Crippen LogP contribution in [0.25, 0.3) is 22.3 Å². The lowest BCUT2D eigenvalue weighted by atomic mass is 10.1. The highest BCUT2D eigenvalue weighted by Crippen LogP contribution is 2.42. The first-order valence-electron chi connectivity index (χ1n) is 7.54. The summed E-state index contributed by atoms with van der Waals surface area (Å²) in [4.78, 5) is 11.3. The van der Waals surface area contributed by atoms with Crippen LogP contribution in [0, 0.1) is 0 Å². The highest BCUT2D eigenvalue weighted by molar-refractivity contribution is 7.86. The van der Waals surface area contributed by atoms with Crippen molar-refractivity contribution in [1.82, 2.24) is 0 Å². The molecular formula is C17H14O10S. The van der Waals surface area contributed by atoms with E-state index in [1.807, 2.05) is 0 Å². The summed E-state index contributed by atoms with van der Waals surface area (Å²) >= 11 is 0. The Balaban J connectivity index is 2.34. The van der Waals surface area contributed by atoms with Crippen LogP contribution in [0.1, 0.15) is 0 Å². The number of phenols is 3. The number of ether oxygens (including phenoxy) is 2.